The zero-order valence-electron chi connectivity index (χ0n) is 30.2. The van der Waals surface area contributed by atoms with E-state index in [9.17, 15) is 4.79 Å². The van der Waals surface area contributed by atoms with Gasteiger partial charge in [0.1, 0.15) is 18.0 Å². The number of nitrogens with zero attached hydrogens (tertiary/aromatic N) is 1. The first-order chi connectivity index (χ1) is 25.9. The molecular weight excluding hydrogens is 665 g/mol. The van der Waals surface area contributed by atoms with E-state index in [1.54, 1.807) is 0 Å². The van der Waals surface area contributed by atoms with Crippen molar-refractivity contribution >= 4 is 38.5 Å². The molecule has 0 bridgehead atoms. The summed E-state index contributed by atoms with van der Waals surface area (Å²) in [7, 11) is 0. The second kappa shape index (κ2) is 15.3. The van der Waals surface area contributed by atoms with Crippen LogP contribution >= 0.6 is 0 Å². The molecule has 53 heavy (non-hydrogen) atoms. The summed E-state index contributed by atoms with van der Waals surface area (Å²) in [6.07, 6.45) is 2.49. The number of hydrogen-bond acceptors (Lipinski definition) is 6. The Morgan fingerprint density at radius 3 is 1.98 bits per heavy atom. The maximum Gasteiger partial charge on any atom is 0.308 e. The van der Waals surface area contributed by atoms with Gasteiger partial charge in [-0.15, -0.1) is 0 Å². The van der Waals surface area contributed by atoms with Crippen LogP contribution in [0.5, 0.6) is 5.75 Å². The number of esters is 1. The zero-order chi connectivity index (χ0) is 36.3. The number of carbonyl (C=O) groups excluding carboxylic acids is 1. The lowest BCUT2D eigenvalue weighted by molar-refractivity contribution is -0.765. The van der Waals surface area contributed by atoms with Crippen LogP contribution in [0.3, 0.4) is 0 Å². The Balaban J connectivity index is 1.18. The van der Waals surface area contributed by atoms with Gasteiger partial charge < -0.3 is 28.7 Å². The summed E-state index contributed by atoms with van der Waals surface area (Å²) in [4.78, 5) is 15.4. The van der Waals surface area contributed by atoms with Crippen molar-refractivity contribution in [1.29, 1.82) is 0 Å². The minimum atomic E-state index is -0.497. The van der Waals surface area contributed by atoms with Crippen molar-refractivity contribution in [2.24, 2.45) is 0 Å². The Morgan fingerprint density at radius 2 is 1.34 bits per heavy atom. The van der Waals surface area contributed by atoms with E-state index >= 15 is 0 Å². The highest BCUT2D eigenvalue weighted by atomic mass is 16.6. The van der Waals surface area contributed by atoms with Gasteiger partial charge in [0.15, 0.2) is 18.5 Å². The number of aromatic nitrogens is 2. The lowest BCUT2D eigenvalue weighted by Gasteiger charge is -2.23. The molecule has 0 aliphatic carbocycles. The first kappa shape index (κ1) is 34.7. The molecule has 0 spiro atoms. The van der Waals surface area contributed by atoms with Crippen LogP contribution in [0.4, 0.5) is 0 Å². The van der Waals surface area contributed by atoms with Crippen molar-refractivity contribution in [3.05, 3.63) is 155 Å². The largest absolute Gasteiger partial charge is 0.427 e. The van der Waals surface area contributed by atoms with Crippen LogP contribution in [0.25, 0.3) is 32.6 Å². The lowest BCUT2D eigenvalue weighted by Crippen LogP contribution is -2.47. The molecule has 0 unspecified atom stereocenters. The molecule has 1 fully saturated rings. The number of H-pyrrole nitrogens is 1. The number of rotatable bonds is 12. The highest BCUT2D eigenvalue weighted by Crippen LogP contribution is 2.38. The number of fused-ring (bicyclic) bond motifs is 4. The second-order valence-corrected chi connectivity index (χ2v) is 13.7. The van der Waals surface area contributed by atoms with Crippen LogP contribution in [0.15, 0.2) is 128 Å². The second-order valence-electron chi connectivity index (χ2n) is 13.7. The molecule has 0 saturated carbocycles. The highest BCUT2D eigenvalue weighted by Gasteiger charge is 2.51. The number of aromatic amines is 1. The van der Waals surface area contributed by atoms with Crippen LogP contribution in [-0.4, -0.2) is 35.9 Å². The average molecular weight is 708 g/mol. The molecule has 7 aromatic rings. The van der Waals surface area contributed by atoms with E-state index in [2.05, 4.69) is 78.3 Å². The standard InChI is InChI=1S/C45H42N2O6/c1-29-38-24-47(22-21-36(38)30(2)42-41(29)37-23-35(52-31(3)48)19-20-39(37)46-42)45-44(51-27-34-17-11-6-12-18-34)43(50-26-33-15-9-5-10-16-33)40(53-45)28-49-25-32-13-7-4-8-14-32/h4-24,40,43-45H,25-28H2,1-3H3/p+1/t40-,43-,44+,45-/m0/s1. The summed E-state index contributed by atoms with van der Waals surface area (Å²) >= 11 is 0. The molecule has 3 heterocycles. The van der Waals surface area contributed by atoms with Crippen LogP contribution in [0.1, 0.15) is 41.0 Å². The van der Waals surface area contributed by atoms with E-state index in [4.69, 9.17) is 23.7 Å². The molecule has 1 aliphatic heterocycles. The molecule has 8 rings (SSSR count). The van der Waals surface area contributed by atoms with Crippen LogP contribution in [-0.2, 0) is 43.6 Å². The van der Waals surface area contributed by atoms with E-state index in [1.165, 1.54) is 6.92 Å². The van der Waals surface area contributed by atoms with E-state index in [0.717, 1.165) is 60.4 Å². The fourth-order valence-corrected chi connectivity index (χ4v) is 7.50. The van der Waals surface area contributed by atoms with Gasteiger partial charge in [0, 0.05) is 34.7 Å². The predicted molar refractivity (Wildman–Crippen MR) is 204 cm³/mol. The average Bonchev–Trinajstić information content (AvgIpc) is 3.74. The minimum Gasteiger partial charge on any atom is -0.427 e. The Morgan fingerprint density at radius 1 is 0.717 bits per heavy atom. The van der Waals surface area contributed by atoms with Gasteiger partial charge in [0.25, 0.3) is 6.23 Å². The molecule has 1 N–H and O–H groups in total. The van der Waals surface area contributed by atoms with Gasteiger partial charge in [-0.2, -0.15) is 4.57 Å². The monoisotopic (exact) mass is 707 g/mol. The number of pyridine rings is 1. The summed E-state index contributed by atoms with van der Waals surface area (Å²) in [5, 5.41) is 4.32. The summed E-state index contributed by atoms with van der Waals surface area (Å²) < 4.78 is 34.4. The SMILES string of the molecule is CC(=O)Oc1ccc2[nH]c3c(C)c4cc[n+]([C@H]5O[C@@H](COCc6ccccc6)[C@H](OCc6ccccc6)[C@H]5OCc5ccccc5)cc4c(C)c3c2c1. The fourth-order valence-electron chi connectivity index (χ4n) is 7.50. The molecule has 2 aromatic heterocycles. The Hall–Kier alpha value is -5.38. The van der Waals surface area contributed by atoms with Gasteiger partial charge in [-0.25, -0.2) is 0 Å². The van der Waals surface area contributed by atoms with Crippen LogP contribution in [0.2, 0.25) is 0 Å². The van der Waals surface area contributed by atoms with E-state index in [-0.39, 0.29) is 5.97 Å². The fraction of sp³-hybridized carbons (Fsp3) is 0.244. The van der Waals surface area contributed by atoms with E-state index < -0.39 is 24.5 Å². The van der Waals surface area contributed by atoms with Gasteiger partial charge in [-0.05, 0) is 65.3 Å². The number of nitrogens with one attached hydrogen (secondary N) is 1. The molecule has 268 valence electrons. The molecule has 1 aliphatic rings. The van der Waals surface area contributed by atoms with Crippen LogP contribution in [0, 0.1) is 13.8 Å². The third kappa shape index (κ3) is 7.32. The van der Waals surface area contributed by atoms with Crippen molar-refractivity contribution in [2.75, 3.05) is 6.61 Å². The highest BCUT2D eigenvalue weighted by molar-refractivity contribution is 6.16. The molecule has 5 aromatic carbocycles. The summed E-state index contributed by atoms with van der Waals surface area (Å²) in [5.74, 6) is 0.171. The summed E-state index contributed by atoms with van der Waals surface area (Å²) in [6.45, 7) is 7.32. The number of aryl methyl sites for hydroxylation is 2. The topological polar surface area (TPSA) is 82.9 Å². The maximum atomic E-state index is 11.8. The van der Waals surface area contributed by atoms with E-state index in [0.29, 0.717) is 32.2 Å². The third-order valence-electron chi connectivity index (χ3n) is 10.1. The molecule has 8 nitrogen and oxygen atoms in total. The smallest absolute Gasteiger partial charge is 0.308 e. The minimum absolute atomic E-state index is 0.336. The first-order valence-electron chi connectivity index (χ1n) is 18.1. The van der Waals surface area contributed by atoms with Gasteiger partial charge in [-0.1, -0.05) is 91.0 Å². The predicted octanol–water partition coefficient (Wildman–Crippen LogP) is 8.59. The van der Waals surface area contributed by atoms with Gasteiger partial charge in [0.2, 0.25) is 0 Å². The number of ether oxygens (including phenoxy) is 5. The Labute approximate surface area is 308 Å². The molecule has 0 amide bonds. The summed E-state index contributed by atoms with van der Waals surface area (Å²) in [5.41, 5.74) is 7.54. The van der Waals surface area contributed by atoms with Crippen molar-refractivity contribution < 1.29 is 33.0 Å². The first-order valence-corrected chi connectivity index (χ1v) is 18.1. The molecule has 4 atom stereocenters. The molecular formula is C45H43N2O6+. The zero-order valence-corrected chi connectivity index (χ0v) is 30.2. The summed E-state index contributed by atoms with van der Waals surface area (Å²) in [6, 6.07) is 38.4. The molecule has 8 heteroatoms. The number of benzene rings is 5. The van der Waals surface area contributed by atoms with Crippen molar-refractivity contribution in [2.45, 2.75) is 65.1 Å². The number of carbonyl (C=O) groups is 1. The Bertz CT molecular complexity index is 2360. The normalized spacial score (nSPS) is 18.6. The van der Waals surface area contributed by atoms with Gasteiger partial charge in [-0.3, -0.25) is 4.79 Å². The Kier molecular flexibility index (Phi) is 10.0. The number of hydrogen-bond donors (Lipinski definition) is 1. The quantitative estimate of drug-likeness (QED) is 0.0779. The van der Waals surface area contributed by atoms with Crippen molar-refractivity contribution in [3.63, 3.8) is 0 Å². The van der Waals surface area contributed by atoms with Gasteiger partial charge in [0.05, 0.1) is 31.9 Å². The van der Waals surface area contributed by atoms with Gasteiger partial charge >= 0.3 is 5.97 Å². The van der Waals surface area contributed by atoms with Crippen molar-refractivity contribution in [3.8, 4) is 5.75 Å². The van der Waals surface area contributed by atoms with Crippen LogP contribution < -0.4 is 9.30 Å². The van der Waals surface area contributed by atoms with Crippen molar-refractivity contribution in [1.82, 2.24) is 4.98 Å². The van der Waals surface area contributed by atoms with E-state index in [1.807, 2.05) is 72.8 Å². The third-order valence-corrected chi connectivity index (χ3v) is 10.1. The lowest BCUT2D eigenvalue weighted by atomic mass is 9.97. The molecule has 1 saturated heterocycles. The maximum absolute atomic E-state index is 11.8. The molecule has 0 radical (unpaired) electrons.